The van der Waals surface area contributed by atoms with Crippen LogP contribution in [0, 0.1) is 0 Å². The Bertz CT molecular complexity index is 449. The van der Waals surface area contributed by atoms with E-state index in [1.165, 1.54) is 6.92 Å². The third-order valence-electron chi connectivity index (χ3n) is 1.82. The minimum atomic E-state index is -0.113. The summed E-state index contributed by atoms with van der Waals surface area (Å²) in [6.07, 6.45) is 3.31. The molecule has 2 aromatic rings. The molecule has 70 valence electrons. The highest BCUT2D eigenvalue weighted by molar-refractivity contribution is 5.97. The summed E-state index contributed by atoms with van der Waals surface area (Å²) in [6.45, 7) is 1.46. The Labute approximate surface area is 80.2 Å². The zero-order valence-electron chi connectivity index (χ0n) is 7.56. The van der Waals surface area contributed by atoms with Gasteiger partial charge in [-0.25, -0.2) is 0 Å². The molecular formula is C9H8N4O. The number of aromatic amines is 1. The van der Waals surface area contributed by atoms with Gasteiger partial charge in [-0.15, -0.1) is 0 Å². The zero-order chi connectivity index (χ0) is 9.97. The van der Waals surface area contributed by atoms with Crippen molar-refractivity contribution in [2.45, 2.75) is 6.92 Å². The first-order valence-corrected chi connectivity index (χ1v) is 4.11. The van der Waals surface area contributed by atoms with Crippen molar-refractivity contribution in [1.29, 1.82) is 0 Å². The third kappa shape index (κ3) is 1.39. The average molecular weight is 188 g/mol. The Morgan fingerprint density at radius 1 is 1.43 bits per heavy atom. The Balaban J connectivity index is 2.52. The van der Waals surface area contributed by atoms with Crippen LogP contribution < -0.4 is 0 Å². The van der Waals surface area contributed by atoms with E-state index in [9.17, 15) is 4.79 Å². The van der Waals surface area contributed by atoms with Crippen LogP contribution in [0.2, 0.25) is 0 Å². The molecule has 0 saturated carbocycles. The van der Waals surface area contributed by atoms with E-state index in [0.29, 0.717) is 11.4 Å². The quantitative estimate of drug-likeness (QED) is 0.715. The summed E-state index contributed by atoms with van der Waals surface area (Å²) in [6, 6.07) is 3.62. The van der Waals surface area contributed by atoms with Gasteiger partial charge in [-0.1, -0.05) is 0 Å². The van der Waals surface area contributed by atoms with Crippen molar-refractivity contribution in [1.82, 2.24) is 20.4 Å². The maximum atomic E-state index is 11.2. The summed E-state index contributed by atoms with van der Waals surface area (Å²) >= 11 is 0. The number of Topliss-reactive ketones (excluding diaryl/α,β-unsaturated/α-hetero) is 1. The van der Waals surface area contributed by atoms with Gasteiger partial charge in [0.15, 0.2) is 11.5 Å². The van der Waals surface area contributed by atoms with Crippen LogP contribution in [0.5, 0.6) is 0 Å². The van der Waals surface area contributed by atoms with Crippen LogP contribution in [0.1, 0.15) is 17.4 Å². The van der Waals surface area contributed by atoms with E-state index in [2.05, 4.69) is 20.4 Å². The van der Waals surface area contributed by atoms with Crippen LogP contribution in [0.3, 0.4) is 0 Å². The number of nitrogens with one attached hydrogen (secondary N) is 1. The van der Waals surface area contributed by atoms with Crippen molar-refractivity contribution in [2.24, 2.45) is 0 Å². The molecule has 0 aliphatic rings. The molecule has 0 aliphatic carbocycles. The fraction of sp³-hybridized carbons (Fsp3) is 0.111. The number of H-pyrrole nitrogens is 1. The fourth-order valence-electron chi connectivity index (χ4n) is 1.18. The predicted molar refractivity (Wildman–Crippen MR) is 49.6 cm³/mol. The fourth-order valence-corrected chi connectivity index (χ4v) is 1.18. The maximum absolute atomic E-state index is 11.2. The van der Waals surface area contributed by atoms with E-state index in [4.69, 9.17) is 0 Å². The van der Waals surface area contributed by atoms with Gasteiger partial charge in [-0.2, -0.15) is 15.4 Å². The number of ketones is 1. The molecule has 0 aliphatic heterocycles. The van der Waals surface area contributed by atoms with Crippen LogP contribution in [0.25, 0.3) is 11.3 Å². The SMILES string of the molecule is CC(=O)c1n[nH]nc1-c1cccnc1. The second-order valence-corrected chi connectivity index (χ2v) is 2.82. The zero-order valence-corrected chi connectivity index (χ0v) is 7.56. The van der Waals surface area contributed by atoms with Crippen LogP contribution in [-0.2, 0) is 0 Å². The standard InChI is InChI=1S/C9H8N4O/c1-6(14)8-9(12-13-11-8)7-3-2-4-10-5-7/h2-5H,1H3,(H,11,12,13). The lowest BCUT2D eigenvalue weighted by Crippen LogP contribution is -1.95. The Morgan fingerprint density at radius 3 is 2.93 bits per heavy atom. The minimum absolute atomic E-state index is 0.113. The van der Waals surface area contributed by atoms with Gasteiger partial charge in [-0.05, 0) is 12.1 Å². The summed E-state index contributed by atoms with van der Waals surface area (Å²) in [5.74, 6) is -0.113. The van der Waals surface area contributed by atoms with E-state index >= 15 is 0 Å². The van der Waals surface area contributed by atoms with Crippen LogP contribution in [0.4, 0.5) is 0 Å². The van der Waals surface area contributed by atoms with Gasteiger partial charge in [0.2, 0.25) is 0 Å². The van der Waals surface area contributed by atoms with Gasteiger partial charge < -0.3 is 0 Å². The number of aromatic nitrogens is 4. The topological polar surface area (TPSA) is 71.5 Å². The average Bonchev–Trinajstić information content (AvgIpc) is 2.67. The number of hydrogen-bond acceptors (Lipinski definition) is 4. The number of pyridine rings is 1. The van der Waals surface area contributed by atoms with Gasteiger partial charge in [0.1, 0.15) is 5.69 Å². The van der Waals surface area contributed by atoms with E-state index in [0.717, 1.165) is 5.56 Å². The van der Waals surface area contributed by atoms with Crippen molar-refractivity contribution in [3.8, 4) is 11.3 Å². The molecule has 0 atom stereocenters. The lowest BCUT2D eigenvalue weighted by molar-refractivity contribution is 0.101. The van der Waals surface area contributed by atoms with Gasteiger partial charge >= 0.3 is 0 Å². The summed E-state index contributed by atoms with van der Waals surface area (Å²) in [7, 11) is 0. The number of hydrogen-bond donors (Lipinski definition) is 1. The third-order valence-corrected chi connectivity index (χ3v) is 1.82. The molecule has 0 radical (unpaired) electrons. The number of carbonyl (C=O) groups excluding carboxylic acids is 1. The normalized spacial score (nSPS) is 10.1. The second-order valence-electron chi connectivity index (χ2n) is 2.82. The van der Waals surface area contributed by atoms with Crippen molar-refractivity contribution in [3.05, 3.63) is 30.2 Å². The molecule has 2 aromatic heterocycles. The maximum Gasteiger partial charge on any atom is 0.182 e. The smallest absolute Gasteiger partial charge is 0.182 e. The minimum Gasteiger partial charge on any atom is -0.293 e. The van der Waals surface area contributed by atoms with Crippen molar-refractivity contribution in [3.63, 3.8) is 0 Å². The number of nitrogens with zero attached hydrogens (tertiary/aromatic N) is 3. The van der Waals surface area contributed by atoms with Crippen LogP contribution in [-0.4, -0.2) is 26.2 Å². The first-order valence-electron chi connectivity index (χ1n) is 4.11. The Kier molecular flexibility index (Phi) is 2.06. The van der Waals surface area contributed by atoms with Gasteiger partial charge in [0.25, 0.3) is 0 Å². The largest absolute Gasteiger partial charge is 0.293 e. The summed E-state index contributed by atoms with van der Waals surface area (Å²) in [5.41, 5.74) is 1.68. The second kappa shape index (κ2) is 3.37. The van der Waals surface area contributed by atoms with E-state index in [1.807, 2.05) is 6.07 Å². The molecule has 1 N–H and O–H groups in total. The molecule has 0 bridgehead atoms. The molecule has 0 saturated heterocycles. The van der Waals surface area contributed by atoms with E-state index in [1.54, 1.807) is 18.5 Å². The van der Waals surface area contributed by atoms with Crippen molar-refractivity contribution in [2.75, 3.05) is 0 Å². The highest BCUT2D eigenvalue weighted by Gasteiger charge is 2.13. The molecule has 14 heavy (non-hydrogen) atoms. The van der Waals surface area contributed by atoms with E-state index in [-0.39, 0.29) is 5.78 Å². The van der Waals surface area contributed by atoms with Crippen LogP contribution >= 0.6 is 0 Å². The molecule has 0 spiro atoms. The number of carbonyl (C=O) groups is 1. The van der Waals surface area contributed by atoms with Crippen molar-refractivity contribution >= 4 is 5.78 Å². The molecule has 0 unspecified atom stereocenters. The molecule has 0 amide bonds. The molecule has 2 heterocycles. The van der Waals surface area contributed by atoms with Crippen LogP contribution in [0.15, 0.2) is 24.5 Å². The van der Waals surface area contributed by atoms with Gasteiger partial charge in [0, 0.05) is 24.9 Å². The highest BCUT2D eigenvalue weighted by atomic mass is 16.1. The van der Waals surface area contributed by atoms with Gasteiger partial charge in [-0.3, -0.25) is 9.78 Å². The molecule has 5 heteroatoms. The molecule has 2 rings (SSSR count). The molecule has 0 fully saturated rings. The monoisotopic (exact) mass is 188 g/mol. The Hall–Kier alpha value is -2.04. The van der Waals surface area contributed by atoms with Crippen molar-refractivity contribution < 1.29 is 4.79 Å². The predicted octanol–water partition coefficient (Wildman–Crippen LogP) is 1.07. The first kappa shape index (κ1) is 8.55. The highest BCUT2D eigenvalue weighted by Crippen LogP contribution is 2.17. The summed E-state index contributed by atoms with van der Waals surface area (Å²) in [5, 5.41) is 10.1. The first-order chi connectivity index (χ1) is 6.79. The number of rotatable bonds is 2. The molecule has 0 aromatic carbocycles. The lowest BCUT2D eigenvalue weighted by atomic mass is 10.1. The lowest BCUT2D eigenvalue weighted by Gasteiger charge is -1.95. The summed E-state index contributed by atoms with van der Waals surface area (Å²) in [4.78, 5) is 15.1. The molecule has 5 nitrogen and oxygen atoms in total. The van der Waals surface area contributed by atoms with Gasteiger partial charge in [0.05, 0.1) is 0 Å². The summed E-state index contributed by atoms with van der Waals surface area (Å²) < 4.78 is 0. The van der Waals surface area contributed by atoms with E-state index < -0.39 is 0 Å². The molecular weight excluding hydrogens is 180 g/mol. The Morgan fingerprint density at radius 2 is 2.29 bits per heavy atom.